The number of rotatable bonds is 1. The Bertz CT molecular complexity index is 1480. The van der Waals surface area contributed by atoms with E-state index in [4.69, 9.17) is 16.3 Å². The van der Waals surface area contributed by atoms with Crippen LogP contribution in [0.3, 0.4) is 0 Å². The molecule has 0 spiro atoms. The van der Waals surface area contributed by atoms with Crippen LogP contribution in [0.1, 0.15) is 67.4 Å². The molecule has 5 atom stereocenters. The number of carbonyl (C=O) groups is 2. The second kappa shape index (κ2) is 12.4. The molecule has 2 N–H and O–H groups in total. The Kier molecular flexibility index (Phi) is 9.02. The fraction of sp³-hybridized carbons (Fsp3) is 0.500. The average Bonchev–Trinajstić information content (AvgIpc) is 2.97. The molecule has 10 heteroatoms. The standard InChI is InChI=1S/C32H39ClN2O6S/c1-21-6-5-14-32(38,20-36)28-12-9-25(28)18-35-15-4-3-7-23-16-27(33)11-8-26(23)19-41-30-13-10-24(17-29(30)35)31(37)34-42(39,40)22(21)2/h5,8,10-11,13-14,16-17,20-22,25,28,38H,3-4,6-7,9,12,15,18-19H2,1-2H3,(H,34,37)/b14-5+/t21-,22+,25-,28+,32-/m0/s1. The summed E-state index contributed by atoms with van der Waals surface area (Å²) in [4.78, 5) is 27.7. The van der Waals surface area contributed by atoms with E-state index in [9.17, 15) is 23.1 Å². The smallest absolute Gasteiger partial charge is 0.264 e. The van der Waals surface area contributed by atoms with Crippen LogP contribution < -0.4 is 14.4 Å². The van der Waals surface area contributed by atoms with Crippen LogP contribution >= 0.6 is 11.6 Å². The first-order valence-corrected chi connectivity index (χ1v) is 16.6. The molecule has 1 fully saturated rings. The molecule has 2 heterocycles. The van der Waals surface area contributed by atoms with Crippen molar-refractivity contribution in [1.29, 1.82) is 0 Å². The van der Waals surface area contributed by atoms with Gasteiger partial charge in [0.05, 0.1) is 10.9 Å². The average molecular weight is 615 g/mol. The van der Waals surface area contributed by atoms with Crippen LogP contribution in [-0.4, -0.2) is 49.7 Å². The fourth-order valence-electron chi connectivity index (χ4n) is 6.26. The first kappa shape index (κ1) is 30.6. The molecule has 1 amide bonds. The minimum absolute atomic E-state index is 0.0425. The summed E-state index contributed by atoms with van der Waals surface area (Å²) in [6.45, 7) is 4.85. The summed E-state index contributed by atoms with van der Waals surface area (Å²) in [5.74, 6) is -0.703. The molecule has 2 bridgehead atoms. The summed E-state index contributed by atoms with van der Waals surface area (Å²) in [5, 5.41) is 11.2. The summed E-state index contributed by atoms with van der Waals surface area (Å²) in [5.41, 5.74) is 1.43. The van der Waals surface area contributed by atoms with Crippen molar-refractivity contribution in [3.8, 4) is 5.75 Å². The van der Waals surface area contributed by atoms with Gasteiger partial charge in [0.15, 0.2) is 6.29 Å². The predicted molar refractivity (Wildman–Crippen MR) is 163 cm³/mol. The lowest BCUT2D eigenvalue weighted by Gasteiger charge is -2.46. The van der Waals surface area contributed by atoms with E-state index in [0.29, 0.717) is 55.3 Å². The summed E-state index contributed by atoms with van der Waals surface area (Å²) < 4.78 is 34.9. The molecule has 3 aliphatic rings. The van der Waals surface area contributed by atoms with Gasteiger partial charge in [-0.1, -0.05) is 30.7 Å². The summed E-state index contributed by atoms with van der Waals surface area (Å²) >= 11 is 6.29. The molecule has 0 aromatic heterocycles. The number of nitrogens with zero attached hydrogens (tertiary/aromatic N) is 1. The summed E-state index contributed by atoms with van der Waals surface area (Å²) in [6, 6.07) is 10.8. The third-order valence-electron chi connectivity index (χ3n) is 9.31. The van der Waals surface area contributed by atoms with Gasteiger partial charge in [-0.2, -0.15) is 0 Å². The van der Waals surface area contributed by atoms with Crippen LogP contribution in [0, 0.1) is 17.8 Å². The largest absolute Gasteiger partial charge is 0.487 e. The zero-order chi connectivity index (χ0) is 30.1. The van der Waals surface area contributed by atoms with Crippen molar-refractivity contribution in [3.63, 3.8) is 0 Å². The monoisotopic (exact) mass is 614 g/mol. The predicted octanol–water partition coefficient (Wildman–Crippen LogP) is 5.06. The van der Waals surface area contributed by atoms with Gasteiger partial charge in [-0.15, -0.1) is 0 Å². The highest BCUT2D eigenvalue weighted by molar-refractivity contribution is 7.90. The lowest BCUT2D eigenvalue weighted by atomic mass is 9.64. The molecule has 42 heavy (non-hydrogen) atoms. The third-order valence-corrected chi connectivity index (χ3v) is 11.5. The van der Waals surface area contributed by atoms with Gasteiger partial charge in [0, 0.05) is 29.6 Å². The van der Waals surface area contributed by atoms with Crippen LogP contribution in [0.4, 0.5) is 5.69 Å². The molecule has 8 nitrogen and oxygen atoms in total. The second-order valence-electron chi connectivity index (χ2n) is 12.0. The Morgan fingerprint density at radius 3 is 2.67 bits per heavy atom. The van der Waals surface area contributed by atoms with Crippen LogP contribution in [0.25, 0.3) is 0 Å². The van der Waals surface area contributed by atoms with E-state index in [2.05, 4.69) is 9.62 Å². The second-order valence-corrected chi connectivity index (χ2v) is 14.5. The van der Waals surface area contributed by atoms with Crippen LogP contribution in [-0.2, 0) is 27.8 Å². The number of aryl methyl sites for hydroxylation is 1. The van der Waals surface area contributed by atoms with E-state index < -0.39 is 26.8 Å². The van der Waals surface area contributed by atoms with Crippen LogP contribution in [0.15, 0.2) is 48.6 Å². The number of ether oxygens (including phenoxy) is 1. The molecule has 226 valence electrons. The lowest BCUT2D eigenvalue weighted by Crippen LogP contribution is -2.51. The Morgan fingerprint density at radius 1 is 1.12 bits per heavy atom. The summed E-state index contributed by atoms with van der Waals surface area (Å²) in [6.07, 6.45) is 8.33. The molecule has 0 radical (unpaired) electrons. The summed E-state index contributed by atoms with van der Waals surface area (Å²) in [7, 11) is -4.00. The molecular formula is C32H39ClN2O6S. The number of amides is 1. The Morgan fingerprint density at radius 2 is 1.93 bits per heavy atom. The quantitative estimate of drug-likeness (QED) is 0.341. The number of aliphatic hydroxyl groups is 1. The first-order chi connectivity index (χ1) is 20.0. The van der Waals surface area contributed by atoms with Crippen molar-refractivity contribution in [1.82, 2.24) is 4.72 Å². The highest BCUT2D eigenvalue weighted by Crippen LogP contribution is 2.44. The number of sulfonamides is 1. The van der Waals surface area contributed by atoms with E-state index in [1.165, 1.54) is 6.08 Å². The zero-order valence-electron chi connectivity index (χ0n) is 24.1. The van der Waals surface area contributed by atoms with E-state index in [1.807, 2.05) is 18.2 Å². The number of hydrogen-bond acceptors (Lipinski definition) is 7. The topological polar surface area (TPSA) is 113 Å². The van der Waals surface area contributed by atoms with Crippen molar-refractivity contribution >= 4 is 39.5 Å². The molecule has 2 aliphatic heterocycles. The molecule has 2 aromatic rings. The van der Waals surface area contributed by atoms with Gasteiger partial charge in [-0.05, 0) is 105 Å². The number of anilines is 1. The van der Waals surface area contributed by atoms with Gasteiger partial charge in [-0.25, -0.2) is 13.1 Å². The van der Waals surface area contributed by atoms with Crippen molar-refractivity contribution in [2.24, 2.45) is 17.8 Å². The molecule has 2 aromatic carbocycles. The molecular weight excluding hydrogens is 576 g/mol. The lowest BCUT2D eigenvalue weighted by molar-refractivity contribution is -0.130. The molecule has 1 aliphatic carbocycles. The van der Waals surface area contributed by atoms with Gasteiger partial charge in [-0.3, -0.25) is 9.59 Å². The Hall–Kier alpha value is -2.88. The maximum absolute atomic E-state index is 13.3. The normalized spacial score (nSPS) is 30.7. The number of nitrogens with one attached hydrogen (secondary N) is 1. The minimum Gasteiger partial charge on any atom is -0.487 e. The molecule has 0 saturated heterocycles. The maximum Gasteiger partial charge on any atom is 0.264 e. The van der Waals surface area contributed by atoms with Crippen molar-refractivity contribution in [3.05, 3.63) is 70.3 Å². The van der Waals surface area contributed by atoms with E-state index in [0.717, 1.165) is 36.8 Å². The Labute approximate surface area is 253 Å². The number of aldehydes is 1. The van der Waals surface area contributed by atoms with Gasteiger partial charge in [0.25, 0.3) is 5.91 Å². The molecule has 1 saturated carbocycles. The minimum atomic E-state index is -4.00. The van der Waals surface area contributed by atoms with Gasteiger partial charge < -0.3 is 14.7 Å². The highest BCUT2D eigenvalue weighted by Gasteiger charge is 2.46. The molecule has 0 unspecified atom stereocenters. The van der Waals surface area contributed by atoms with Crippen molar-refractivity contribution < 1.29 is 27.9 Å². The number of fused-ring (bicyclic) bond motifs is 3. The highest BCUT2D eigenvalue weighted by atomic mass is 35.5. The van der Waals surface area contributed by atoms with E-state index in [1.54, 1.807) is 38.1 Å². The van der Waals surface area contributed by atoms with Gasteiger partial charge in [0.2, 0.25) is 10.0 Å². The van der Waals surface area contributed by atoms with E-state index >= 15 is 0 Å². The van der Waals surface area contributed by atoms with E-state index in [-0.39, 0.29) is 23.3 Å². The van der Waals surface area contributed by atoms with Gasteiger partial charge in [0.1, 0.15) is 18.0 Å². The maximum atomic E-state index is 13.3. The van der Waals surface area contributed by atoms with Crippen LogP contribution in [0.2, 0.25) is 5.02 Å². The number of allylic oxidation sites excluding steroid dienone is 1. The van der Waals surface area contributed by atoms with Crippen molar-refractivity contribution in [2.75, 3.05) is 18.0 Å². The number of halogens is 1. The number of benzene rings is 2. The zero-order valence-corrected chi connectivity index (χ0v) is 25.7. The van der Waals surface area contributed by atoms with Gasteiger partial charge >= 0.3 is 0 Å². The fourth-order valence-corrected chi connectivity index (χ4v) is 7.74. The van der Waals surface area contributed by atoms with Crippen LogP contribution in [0.5, 0.6) is 5.75 Å². The first-order valence-electron chi connectivity index (χ1n) is 14.7. The third kappa shape index (κ3) is 6.38. The Balaban J connectivity index is 1.57. The molecule has 5 rings (SSSR count). The van der Waals surface area contributed by atoms with Crippen molar-refractivity contribution in [2.45, 2.75) is 69.8 Å². The number of carbonyl (C=O) groups excluding carboxylic acids is 2. The number of hydrogen-bond donors (Lipinski definition) is 2. The SMILES string of the molecule is C[C@@H]1[C@@H](C)C/C=C/[C@](O)(C=O)[C@@H]2CC[C@H]2CN2CCCCc3cc(Cl)ccc3COc3ccc(cc32)C(=O)NS1(=O)=O.